The first-order valence-electron chi connectivity index (χ1n) is 6.05. The van der Waals surface area contributed by atoms with E-state index in [4.69, 9.17) is 10.5 Å². The summed E-state index contributed by atoms with van der Waals surface area (Å²) in [6, 6.07) is 5.47. The van der Waals surface area contributed by atoms with Gasteiger partial charge < -0.3 is 20.7 Å². The molecule has 1 atom stereocenters. The van der Waals surface area contributed by atoms with Crippen LogP contribution in [-0.2, 0) is 9.53 Å². The van der Waals surface area contributed by atoms with Gasteiger partial charge in [0.1, 0.15) is 6.04 Å². The lowest BCUT2D eigenvalue weighted by Gasteiger charge is -2.37. The molecule has 0 radical (unpaired) electrons. The van der Waals surface area contributed by atoms with E-state index >= 15 is 0 Å². The Kier molecular flexibility index (Phi) is 3.72. The number of carbonyl (C=O) groups is 1. The van der Waals surface area contributed by atoms with Gasteiger partial charge in [0.25, 0.3) is 0 Å². The number of nitrogen functional groups attached to an aromatic ring is 1. The number of ether oxygens (including phenoxy) is 1. The van der Waals surface area contributed by atoms with Crippen molar-refractivity contribution in [1.29, 1.82) is 0 Å². The Balaban J connectivity index is 2.30. The number of hydrogen-bond acceptors (Lipinski definition) is 4. The summed E-state index contributed by atoms with van der Waals surface area (Å²) in [5.74, 6) is -0.0223. The Morgan fingerprint density at radius 2 is 2.33 bits per heavy atom. The summed E-state index contributed by atoms with van der Waals surface area (Å²) in [6.45, 7) is 3.77. The molecule has 3 N–H and O–H groups in total. The van der Waals surface area contributed by atoms with Crippen LogP contribution in [0.4, 0.5) is 11.4 Å². The number of amides is 1. The summed E-state index contributed by atoms with van der Waals surface area (Å²) in [4.78, 5) is 14.0. The average Bonchev–Trinajstić information content (AvgIpc) is 2.38. The Labute approximate surface area is 107 Å². The van der Waals surface area contributed by atoms with Crippen LogP contribution >= 0.6 is 0 Å². The first kappa shape index (κ1) is 12.7. The van der Waals surface area contributed by atoms with Crippen LogP contribution in [0.5, 0.6) is 0 Å². The van der Waals surface area contributed by atoms with Gasteiger partial charge in [-0.2, -0.15) is 0 Å². The molecule has 1 amide bonds. The van der Waals surface area contributed by atoms with Gasteiger partial charge in [-0.3, -0.25) is 4.79 Å². The van der Waals surface area contributed by atoms with Gasteiger partial charge in [-0.05, 0) is 30.7 Å². The summed E-state index contributed by atoms with van der Waals surface area (Å²) in [7, 11) is 1.64. The van der Waals surface area contributed by atoms with Gasteiger partial charge in [0.15, 0.2) is 0 Å². The molecular formula is C13H19N3O2. The van der Waals surface area contributed by atoms with Gasteiger partial charge in [0, 0.05) is 25.0 Å². The van der Waals surface area contributed by atoms with E-state index in [1.807, 2.05) is 25.1 Å². The van der Waals surface area contributed by atoms with Crippen molar-refractivity contribution >= 4 is 17.3 Å². The third-order valence-electron chi connectivity index (χ3n) is 3.21. The fourth-order valence-corrected chi connectivity index (χ4v) is 2.28. The third-order valence-corrected chi connectivity index (χ3v) is 3.21. The lowest BCUT2D eigenvalue weighted by atomic mass is 10.1. The van der Waals surface area contributed by atoms with E-state index in [1.165, 1.54) is 0 Å². The minimum absolute atomic E-state index is 0.0223. The molecule has 1 fully saturated rings. The van der Waals surface area contributed by atoms with Crippen molar-refractivity contribution < 1.29 is 9.53 Å². The summed E-state index contributed by atoms with van der Waals surface area (Å²) in [6.07, 6.45) is 0. The molecular weight excluding hydrogens is 230 g/mol. The van der Waals surface area contributed by atoms with Crippen molar-refractivity contribution in [2.45, 2.75) is 13.0 Å². The van der Waals surface area contributed by atoms with Crippen molar-refractivity contribution in [3.8, 4) is 0 Å². The third kappa shape index (κ3) is 2.41. The highest BCUT2D eigenvalue weighted by atomic mass is 16.5. The fraction of sp³-hybridized carbons (Fsp3) is 0.462. The van der Waals surface area contributed by atoms with Crippen LogP contribution in [0.3, 0.4) is 0 Å². The Morgan fingerprint density at radius 1 is 1.56 bits per heavy atom. The van der Waals surface area contributed by atoms with Crippen LogP contribution < -0.4 is 16.0 Å². The Bertz CT molecular complexity index is 448. The predicted octanol–water partition coefficient (Wildman–Crippen LogP) is 0.528. The van der Waals surface area contributed by atoms with E-state index in [0.29, 0.717) is 19.8 Å². The van der Waals surface area contributed by atoms with E-state index in [0.717, 1.165) is 16.9 Å². The molecule has 1 aromatic carbocycles. The lowest BCUT2D eigenvalue weighted by molar-refractivity contribution is -0.124. The second kappa shape index (κ2) is 5.27. The molecule has 1 aliphatic heterocycles. The number of nitrogens with one attached hydrogen (secondary N) is 1. The number of likely N-dealkylation sites (N-methyl/N-ethyl adjacent to an activating group) is 1. The van der Waals surface area contributed by atoms with Crippen LogP contribution in [-0.4, -0.2) is 38.8 Å². The van der Waals surface area contributed by atoms with Gasteiger partial charge in [-0.15, -0.1) is 0 Å². The van der Waals surface area contributed by atoms with Crippen molar-refractivity contribution in [1.82, 2.24) is 5.32 Å². The number of aryl methyl sites for hydroxylation is 1. The van der Waals surface area contributed by atoms with E-state index in [-0.39, 0.29) is 11.9 Å². The second-order valence-corrected chi connectivity index (χ2v) is 4.44. The number of carbonyl (C=O) groups excluding carboxylic acids is 1. The maximum atomic E-state index is 11.9. The Morgan fingerprint density at radius 3 is 3.00 bits per heavy atom. The SMILES string of the molecule is CNC(=O)C1COCCN1c1ccc(N)cc1C. The molecule has 1 heterocycles. The molecule has 2 rings (SSSR count). The molecule has 1 aliphatic rings. The van der Waals surface area contributed by atoms with Crippen molar-refractivity contribution in [3.63, 3.8) is 0 Å². The van der Waals surface area contributed by atoms with Crippen LogP contribution in [0.2, 0.25) is 0 Å². The summed E-state index contributed by atoms with van der Waals surface area (Å²) >= 11 is 0. The second-order valence-electron chi connectivity index (χ2n) is 4.44. The van der Waals surface area contributed by atoms with Gasteiger partial charge >= 0.3 is 0 Å². The highest BCUT2D eigenvalue weighted by molar-refractivity contribution is 5.85. The zero-order valence-electron chi connectivity index (χ0n) is 10.8. The molecule has 1 saturated heterocycles. The number of hydrogen-bond donors (Lipinski definition) is 2. The maximum Gasteiger partial charge on any atom is 0.244 e. The minimum Gasteiger partial charge on any atom is -0.399 e. The van der Waals surface area contributed by atoms with E-state index in [1.54, 1.807) is 7.05 Å². The number of nitrogens with two attached hydrogens (primary N) is 1. The van der Waals surface area contributed by atoms with Crippen LogP contribution in [0.1, 0.15) is 5.56 Å². The van der Waals surface area contributed by atoms with Crippen molar-refractivity contribution in [2.75, 3.05) is 37.4 Å². The number of rotatable bonds is 2. The molecule has 0 spiro atoms. The molecule has 0 aliphatic carbocycles. The molecule has 5 nitrogen and oxygen atoms in total. The minimum atomic E-state index is -0.272. The number of benzene rings is 1. The van der Waals surface area contributed by atoms with E-state index in [9.17, 15) is 4.79 Å². The molecule has 98 valence electrons. The first-order chi connectivity index (χ1) is 8.63. The van der Waals surface area contributed by atoms with Gasteiger partial charge in [-0.25, -0.2) is 0 Å². The van der Waals surface area contributed by atoms with Gasteiger partial charge in [-0.1, -0.05) is 0 Å². The molecule has 18 heavy (non-hydrogen) atoms. The standard InChI is InChI=1S/C13H19N3O2/c1-9-7-10(14)3-4-11(9)16-5-6-18-8-12(16)13(17)15-2/h3-4,7,12H,5-6,8,14H2,1-2H3,(H,15,17). The molecule has 0 bridgehead atoms. The molecule has 1 aromatic rings. The molecule has 1 unspecified atom stereocenters. The van der Waals surface area contributed by atoms with Gasteiger partial charge in [0.05, 0.1) is 13.2 Å². The Hall–Kier alpha value is -1.75. The molecule has 5 heteroatoms. The number of anilines is 2. The molecule has 0 aromatic heterocycles. The number of nitrogens with zero attached hydrogens (tertiary/aromatic N) is 1. The quantitative estimate of drug-likeness (QED) is 0.750. The first-order valence-corrected chi connectivity index (χ1v) is 6.05. The van der Waals surface area contributed by atoms with E-state index in [2.05, 4.69) is 10.2 Å². The average molecular weight is 249 g/mol. The van der Waals surface area contributed by atoms with Gasteiger partial charge in [0.2, 0.25) is 5.91 Å². The predicted molar refractivity (Wildman–Crippen MR) is 71.6 cm³/mol. The number of morpholine rings is 1. The molecule has 0 saturated carbocycles. The lowest BCUT2D eigenvalue weighted by Crippen LogP contribution is -2.53. The highest BCUT2D eigenvalue weighted by Gasteiger charge is 2.29. The largest absolute Gasteiger partial charge is 0.399 e. The maximum absolute atomic E-state index is 11.9. The highest BCUT2D eigenvalue weighted by Crippen LogP contribution is 2.25. The normalized spacial score (nSPS) is 19.7. The van der Waals surface area contributed by atoms with Crippen LogP contribution in [0, 0.1) is 6.92 Å². The summed E-state index contributed by atoms with van der Waals surface area (Å²) < 4.78 is 5.39. The smallest absolute Gasteiger partial charge is 0.244 e. The zero-order chi connectivity index (χ0) is 13.1. The zero-order valence-corrected chi connectivity index (χ0v) is 10.8. The van der Waals surface area contributed by atoms with Crippen molar-refractivity contribution in [3.05, 3.63) is 23.8 Å². The fourth-order valence-electron chi connectivity index (χ4n) is 2.28. The summed E-state index contributed by atoms with van der Waals surface area (Å²) in [5, 5.41) is 2.68. The topological polar surface area (TPSA) is 67.6 Å². The monoisotopic (exact) mass is 249 g/mol. The van der Waals surface area contributed by atoms with Crippen LogP contribution in [0.25, 0.3) is 0 Å². The summed E-state index contributed by atoms with van der Waals surface area (Å²) in [5.41, 5.74) is 8.61. The van der Waals surface area contributed by atoms with E-state index < -0.39 is 0 Å². The van der Waals surface area contributed by atoms with Crippen LogP contribution in [0.15, 0.2) is 18.2 Å². The van der Waals surface area contributed by atoms with Crippen molar-refractivity contribution in [2.24, 2.45) is 0 Å².